The lowest BCUT2D eigenvalue weighted by Gasteiger charge is -2.30. The maximum Gasteiger partial charge on any atom is 0.337 e. The van der Waals surface area contributed by atoms with Crippen molar-refractivity contribution in [3.05, 3.63) is 64.4 Å². The molecule has 1 N–H and O–H groups in total. The van der Waals surface area contributed by atoms with Gasteiger partial charge in [-0.3, -0.25) is 4.98 Å². The van der Waals surface area contributed by atoms with Gasteiger partial charge in [0, 0.05) is 23.6 Å². The van der Waals surface area contributed by atoms with Crippen LogP contribution < -0.4 is 4.74 Å². The van der Waals surface area contributed by atoms with E-state index in [4.69, 9.17) is 9.47 Å². The molecule has 7 heteroatoms. The van der Waals surface area contributed by atoms with Crippen molar-refractivity contribution in [3.8, 4) is 5.75 Å². The summed E-state index contributed by atoms with van der Waals surface area (Å²) in [5, 5.41) is 10.9. The van der Waals surface area contributed by atoms with Crippen molar-refractivity contribution < 1.29 is 28.2 Å². The largest absolute Gasteiger partial charge is 0.493 e. The van der Waals surface area contributed by atoms with Gasteiger partial charge in [0.15, 0.2) is 6.10 Å². The molecular weight excluding hydrogens is 452 g/mol. The van der Waals surface area contributed by atoms with Crippen molar-refractivity contribution in [1.29, 1.82) is 0 Å². The molecule has 1 aliphatic heterocycles. The van der Waals surface area contributed by atoms with Gasteiger partial charge in [-0.05, 0) is 81.5 Å². The molecule has 2 heterocycles. The Kier molecular flexibility index (Phi) is 8.11. The van der Waals surface area contributed by atoms with Crippen LogP contribution in [0.3, 0.4) is 0 Å². The molecule has 5 nitrogen and oxygen atoms in total. The summed E-state index contributed by atoms with van der Waals surface area (Å²) in [6.07, 6.45) is 2.73. The first-order chi connectivity index (χ1) is 16.5. The molecule has 1 aromatic heterocycles. The predicted molar refractivity (Wildman–Crippen MR) is 134 cm³/mol. The maximum atomic E-state index is 13.6. The quantitative estimate of drug-likeness (QED) is 0.398. The average Bonchev–Trinajstić information content (AvgIpc) is 2.80. The van der Waals surface area contributed by atoms with Crippen LogP contribution in [0.5, 0.6) is 5.75 Å². The number of pyridine rings is 1. The van der Waals surface area contributed by atoms with Crippen LogP contribution in [0.25, 0.3) is 16.5 Å². The minimum absolute atomic E-state index is 0.322. The number of halogens is 2. The van der Waals surface area contributed by atoms with Gasteiger partial charge in [0.2, 0.25) is 0 Å². The summed E-state index contributed by atoms with van der Waals surface area (Å²) >= 11 is 0. The van der Waals surface area contributed by atoms with E-state index in [2.05, 4.69) is 4.98 Å². The Balaban J connectivity index is 2.38. The summed E-state index contributed by atoms with van der Waals surface area (Å²) in [6, 6.07) is 5.68. The van der Waals surface area contributed by atoms with Gasteiger partial charge in [-0.1, -0.05) is 24.6 Å². The van der Waals surface area contributed by atoms with Crippen molar-refractivity contribution in [1.82, 2.24) is 4.98 Å². The van der Waals surface area contributed by atoms with Crippen LogP contribution in [0, 0.1) is 0 Å². The lowest BCUT2D eigenvalue weighted by Crippen LogP contribution is -2.41. The van der Waals surface area contributed by atoms with Gasteiger partial charge < -0.3 is 14.6 Å². The number of carboxylic acid groups (broad SMARTS) is 1. The van der Waals surface area contributed by atoms with Crippen LogP contribution in [0.4, 0.5) is 8.78 Å². The Morgan fingerprint density at radius 2 is 1.97 bits per heavy atom. The van der Waals surface area contributed by atoms with E-state index in [-0.39, 0.29) is 0 Å². The Hall–Kier alpha value is -3.06. The fourth-order valence-electron chi connectivity index (χ4n) is 4.22. The Bertz CT molecular complexity index is 1200. The van der Waals surface area contributed by atoms with E-state index in [1.165, 1.54) is 13.8 Å². The molecular formula is C28H33F2NO4. The number of ether oxygens (including phenoxy) is 2. The van der Waals surface area contributed by atoms with Gasteiger partial charge in [0.05, 0.1) is 12.1 Å². The Labute approximate surface area is 205 Å². The first-order valence-electron chi connectivity index (χ1n) is 11.8. The molecule has 1 atom stereocenters. The number of carbonyl (C=O) groups is 1. The third kappa shape index (κ3) is 5.45. The van der Waals surface area contributed by atoms with Gasteiger partial charge in [-0.15, -0.1) is 0 Å². The van der Waals surface area contributed by atoms with E-state index in [1.54, 1.807) is 13.1 Å². The van der Waals surface area contributed by atoms with Gasteiger partial charge in [0.25, 0.3) is 6.43 Å². The molecule has 1 unspecified atom stereocenters. The molecule has 0 saturated heterocycles. The number of allylic oxidation sites excluding steroid dienone is 5. The number of rotatable bonds is 9. The van der Waals surface area contributed by atoms with Crippen LogP contribution in [0.2, 0.25) is 0 Å². The summed E-state index contributed by atoms with van der Waals surface area (Å²) < 4.78 is 38.7. The van der Waals surface area contributed by atoms with E-state index in [9.17, 15) is 18.7 Å². The normalized spacial score (nSPS) is 15.2. The highest BCUT2D eigenvalue weighted by molar-refractivity contribution is 6.02. The predicted octanol–water partition coefficient (Wildman–Crippen LogP) is 6.76. The number of hydrogen-bond acceptors (Lipinski definition) is 4. The van der Waals surface area contributed by atoms with E-state index in [0.717, 1.165) is 40.7 Å². The monoisotopic (exact) mass is 485 g/mol. The molecule has 0 aliphatic carbocycles. The number of nitrogens with zero attached hydrogens (tertiary/aromatic N) is 1. The summed E-state index contributed by atoms with van der Waals surface area (Å²) in [4.78, 5) is 17.0. The number of carboxylic acids is 1. The third-order valence-corrected chi connectivity index (χ3v) is 6.13. The molecule has 1 aliphatic rings. The molecule has 0 spiro atoms. The summed E-state index contributed by atoms with van der Waals surface area (Å²) in [5.74, 6) is -0.608. The molecule has 0 amide bonds. The highest BCUT2D eigenvalue weighted by Gasteiger charge is 2.38. The van der Waals surface area contributed by atoms with Crippen molar-refractivity contribution in [2.24, 2.45) is 0 Å². The lowest BCUT2D eigenvalue weighted by atomic mass is 9.86. The molecule has 0 bridgehead atoms. The van der Waals surface area contributed by atoms with Gasteiger partial charge in [0.1, 0.15) is 11.4 Å². The SMILES string of the molecule is CC/C=C\C(=C(C)C)/C(=C(\C)C(OC(C)(C)C(F)F)C(=O)O)c1ccc2c3c(ccnc13)CCO2. The highest BCUT2D eigenvalue weighted by Crippen LogP contribution is 2.41. The second-order valence-corrected chi connectivity index (χ2v) is 9.43. The van der Waals surface area contributed by atoms with Crippen LogP contribution in [0.1, 0.15) is 59.1 Å². The van der Waals surface area contributed by atoms with Crippen LogP contribution in [0.15, 0.2) is 53.3 Å². The topological polar surface area (TPSA) is 68.7 Å². The van der Waals surface area contributed by atoms with Crippen LogP contribution >= 0.6 is 0 Å². The van der Waals surface area contributed by atoms with Crippen LogP contribution in [-0.2, 0) is 16.0 Å². The summed E-state index contributed by atoms with van der Waals surface area (Å²) in [7, 11) is 0. The minimum Gasteiger partial charge on any atom is -0.493 e. The molecule has 0 saturated carbocycles. The summed E-state index contributed by atoms with van der Waals surface area (Å²) in [6.45, 7) is 10.5. The first kappa shape index (κ1) is 26.5. The van der Waals surface area contributed by atoms with E-state index >= 15 is 0 Å². The van der Waals surface area contributed by atoms with Crippen molar-refractivity contribution in [3.63, 3.8) is 0 Å². The second kappa shape index (κ2) is 10.7. The number of benzene rings is 1. The number of aliphatic carboxylic acids is 1. The zero-order chi connectivity index (χ0) is 25.9. The standard InChI is InChI=1S/C28H33F2NO4/c1-7-8-9-19(16(2)3)22(17(4)25(26(32)33)35-28(5,6)27(29)30)20-10-11-21-23-18(13-15-34-21)12-14-31-24(20)23/h8-12,14,25,27H,7,13,15H2,1-6H3,(H,32,33)/b9-8-,22-17-. The molecule has 35 heavy (non-hydrogen) atoms. The Morgan fingerprint density at radius 1 is 1.26 bits per heavy atom. The minimum atomic E-state index is -2.86. The van der Waals surface area contributed by atoms with Gasteiger partial charge in [-0.25, -0.2) is 13.6 Å². The van der Waals surface area contributed by atoms with Gasteiger partial charge >= 0.3 is 5.97 Å². The van der Waals surface area contributed by atoms with Crippen molar-refractivity contribution in [2.75, 3.05) is 6.61 Å². The van der Waals surface area contributed by atoms with E-state index in [1.807, 2.05) is 51.1 Å². The van der Waals surface area contributed by atoms with Crippen molar-refractivity contribution >= 4 is 22.4 Å². The lowest BCUT2D eigenvalue weighted by molar-refractivity contribution is -0.173. The smallest absolute Gasteiger partial charge is 0.337 e. The maximum absolute atomic E-state index is 13.6. The molecule has 188 valence electrons. The number of aromatic nitrogens is 1. The first-order valence-corrected chi connectivity index (χ1v) is 11.8. The fourth-order valence-corrected chi connectivity index (χ4v) is 4.22. The van der Waals surface area contributed by atoms with E-state index < -0.39 is 24.1 Å². The molecule has 0 radical (unpaired) electrons. The summed E-state index contributed by atoms with van der Waals surface area (Å²) in [5.41, 5.74) is 3.20. The fraction of sp³-hybridized carbons (Fsp3) is 0.429. The average molecular weight is 486 g/mol. The second-order valence-electron chi connectivity index (χ2n) is 9.43. The zero-order valence-electron chi connectivity index (χ0n) is 21.1. The number of hydrogen-bond donors (Lipinski definition) is 1. The van der Waals surface area contributed by atoms with Gasteiger partial charge in [-0.2, -0.15) is 0 Å². The number of alkyl halides is 2. The van der Waals surface area contributed by atoms with Crippen LogP contribution in [-0.4, -0.2) is 40.8 Å². The molecule has 3 rings (SSSR count). The molecule has 1 aromatic carbocycles. The Morgan fingerprint density at radius 3 is 2.57 bits per heavy atom. The molecule has 2 aromatic rings. The van der Waals surface area contributed by atoms with Crippen molar-refractivity contribution in [2.45, 2.75) is 72.5 Å². The third-order valence-electron chi connectivity index (χ3n) is 6.13. The zero-order valence-corrected chi connectivity index (χ0v) is 21.1. The molecule has 0 fully saturated rings. The van der Waals surface area contributed by atoms with E-state index in [0.29, 0.717) is 28.8 Å². The highest BCUT2D eigenvalue weighted by atomic mass is 19.3.